The Morgan fingerprint density at radius 1 is 0.759 bits per heavy atom. The van der Waals surface area contributed by atoms with Crippen molar-refractivity contribution in [3.63, 3.8) is 0 Å². The van der Waals surface area contributed by atoms with Crippen LogP contribution in [0.4, 0.5) is 0 Å². The number of unbranched alkanes of at least 4 members (excludes halogenated alkanes) is 8. The van der Waals surface area contributed by atoms with E-state index in [-0.39, 0.29) is 24.8 Å². The molecule has 1 aromatic carbocycles. The highest BCUT2D eigenvalue weighted by molar-refractivity contribution is 9.10. The second-order valence-electron chi connectivity index (χ2n) is 7.46. The molecule has 0 atom stereocenters. The second kappa shape index (κ2) is 17.5. The number of ether oxygens (including phenoxy) is 2. The van der Waals surface area contributed by atoms with Crippen LogP contribution in [0.3, 0.4) is 0 Å². The summed E-state index contributed by atoms with van der Waals surface area (Å²) in [5, 5.41) is 0. The molecule has 0 aliphatic rings. The molecule has 0 saturated heterocycles. The molecular weight excluding hydrogens is 432 g/mol. The first kappa shape index (κ1) is 25.7. The monoisotopic (exact) mass is 468 g/mol. The first-order valence-corrected chi connectivity index (χ1v) is 12.0. The molecule has 5 heteroatoms. The Morgan fingerprint density at radius 2 is 1.31 bits per heavy atom. The number of esters is 2. The van der Waals surface area contributed by atoms with Gasteiger partial charge in [-0.25, -0.2) is 0 Å². The average molecular weight is 469 g/mol. The quantitative estimate of drug-likeness (QED) is 0.186. The van der Waals surface area contributed by atoms with Crippen LogP contribution < -0.4 is 0 Å². The molecule has 0 aliphatic heterocycles. The van der Waals surface area contributed by atoms with Crippen LogP contribution in [0, 0.1) is 0 Å². The van der Waals surface area contributed by atoms with E-state index in [1.165, 1.54) is 44.9 Å². The summed E-state index contributed by atoms with van der Waals surface area (Å²) in [5.74, 6) is -0.477. The van der Waals surface area contributed by atoms with Crippen LogP contribution in [-0.4, -0.2) is 25.2 Å². The largest absolute Gasteiger partial charge is 0.466 e. The fourth-order valence-electron chi connectivity index (χ4n) is 3.10. The maximum absolute atomic E-state index is 11.8. The predicted molar refractivity (Wildman–Crippen MR) is 121 cm³/mol. The van der Waals surface area contributed by atoms with E-state index < -0.39 is 0 Å². The molecule has 1 rings (SSSR count). The zero-order chi connectivity index (χ0) is 21.2. The molecule has 29 heavy (non-hydrogen) atoms. The van der Waals surface area contributed by atoms with Crippen molar-refractivity contribution < 1.29 is 19.1 Å². The summed E-state index contributed by atoms with van der Waals surface area (Å²) >= 11 is 3.48. The van der Waals surface area contributed by atoms with Crippen LogP contribution in [0.2, 0.25) is 0 Å². The number of rotatable bonds is 17. The van der Waals surface area contributed by atoms with E-state index in [0.29, 0.717) is 26.1 Å². The summed E-state index contributed by atoms with van der Waals surface area (Å²) in [5.41, 5.74) is 1.11. The van der Waals surface area contributed by atoms with Gasteiger partial charge in [0, 0.05) is 23.7 Å². The third-order valence-electron chi connectivity index (χ3n) is 4.87. The summed E-state index contributed by atoms with van der Waals surface area (Å²) in [6.45, 7) is 3.08. The van der Waals surface area contributed by atoms with E-state index in [1.807, 2.05) is 24.3 Å². The van der Waals surface area contributed by atoms with Gasteiger partial charge in [0.05, 0.1) is 13.2 Å². The van der Waals surface area contributed by atoms with Crippen molar-refractivity contribution >= 4 is 27.9 Å². The standard InChI is InChI=1S/C24H37BrO4/c1-2-3-4-5-6-7-8-9-12-19-28-23(26)16-13-17-24(27)29-20-18-21-14-10-11-15-22(21)25/h10-11,14-15H,2-9,12-13,16-20H2,1H3. The van der Waals surface area contributed by atoms with E-state index in [2.05, 4.69) is 22.9 Å². The molecule has 4 nitrogen and oxygen atoms in total. The predicted octanol–water partition coefficient (Wildman–Crippen LogP) is 6.78. The SMILES string of the molecule is CCCCCCCCCCCOC(=O)CCCC(=O)OCCc1ccccc1Br. The van der Waals surface area contributed by atoms with Crippen LogP contribution in [0.5, 0.6) is 0 Å². The Bertz CT molecular complexity index is 574. The molecule has 0 saturated carbocycles. The molecule has 0 aliphatic carbocycles. The summed E-state index contributed by atoms with van der Waals surface area (Å²) in [4.78, 5) is 23.5. The van der Waals surface area contributed by atoms with Crippen molar-refractivity contribution in [2.45, 2.75) is 90.4 Å². The van der Waals surface area contributed by atoms with Crippen molar-refractivity contribution in [2.24, 2.45) is 0 Å². The minimum absolute atomic E-state index is 0.217. The molecule has 0 radical (unpaired) electrons. The first-order valence-electron chi connectivity index (χ1n) is 11.2. The van der Waals surface area contributed by atoms with Crippen LogP contribution in [-0.2, 0) is 25.5 Å². The van der Waals surface area contributed by atoms with Gasteiger partial charge in [-0.2, -0.15) is 0 Å². The van der Waals surface area contributed by atoms with Crippen molar-refractivity contribution in [1.82, 2.24) is 0 Å². The Balaban J connectivity index is 1.91. The number of hydrogen-bond acceptors (Lipinski definition) is 4. The van der Waals surface area contributed by atoms with Gasteiger partial charge in [0.2, 0.25) is 0 Å². The average Bonchev–Trinajstić information content (AvgIpc) is 2.71. The van der Waals surface area contributed by atoms with Crippen LogP contribution in [0.15, 0.2) is 28.7 Å². The lowest BCUT2D eigenvalue weighted by molar-refractivity contribution is -0.145. The maximum Gasteiger partial charge on any atom is 0.305 e. The van der Waals surface area contributed by atoms with Gasteiger partial charge in [0.1, 0.15) is 0 Å². The van der Waals surface area contributed by atoms with E-state index >= 15 is 0 Å². The zero-order valence-electron chi connectivity index (χ0n) is 17.9. The summed E-state index contributed by atoms with van der Waals surface area (Å²) < 4.78 is 11.5. The van der Waals surface area contributed by atoms with Crippen molar-refractivity contribution in [2.75, 3.05) is 13.2 Å². The topological polar surface area (TPSA) is 52.6 Å². The lowest BCUT2D eigenvalue weighted by Crippen LogP contribution is -2.10. The first-order chi connectivity index (χ1) is 14.1. The molecular formula is C24H37BrO4. The number of carbonyl (C=O) groups excluding carboxylic acids is 2. The van der Waals surface area contributed by atoms with E-state index in [9.17, 15) is 9.59 Å². The molecule has 1 aromatic rings. The second-order valence-corrected chi connectivity index (χ2v) is 8.32. The number of carbonyl (C=O) groups is 2. The number of hydrogen-bond donors (Lipinski definition) is 0. The zero-order valence-corrected chi connectivity index (χ0v) is 19.5. The van der Waals surface area contributed by atoms with Crippen molar-refractivity contribution in [3.8, 4) is 0 Å². The smallest absolute Gasteiger partial charge is 0.305 e. The molecule has 0 unspecified atom stereocenters. The fraction of sp³-hybridized carbons (Fsp3) is 0.667. The molecule has 0 N–H and O–H groups in total. The Morgan fingerprint density at radius 3 is 1.93 bits per heavy atom. The highest BCUT2D eigenvalue weighted by Crippen LogP contribution is 2.16. The minimum Gasteiger partial charge on any atom is -0.466 e. The van der Waals surface area contributed by atoms with Gasteiger partial charge in [-0.1, -0.05) is 92.4 Å². The summed E-state index contributed by atoms with van der Waals surface area (Å²) in [6, 6.07) is 7.88. The highest BCUT2D eigenvalue weighted by Gasteiger charge is 2.08. The Hall–Kier alpha value is -1.36. The summed E-state index contributed by atoms with van der Waals surface area (Å²) in [6.07, 6.45) is 12.9. The molecule has 0 spiro atoms. The van der Waals surface area contributed by atoms with Crippen LogP contribution in [0.25, 0.3) is 0 Å². The van der Waals surface area contributed by atoms with E-state index in [4.69, 9.17) is 9.47 Å². The number of halogens is 1. The Labute approximate surface area is 184 Å². The Kier molecular flexibility index (Phi) is 15.5. The van der Waals surface area contributed by atoms with Crippen molar-refractivity contribution in [3.05, 3.63) is 34.3 Å². The molecule has 0 aromatic heterocycles. The summed E-state index contributed by atoms with van der Waals surface area (Å²) in [7, 11) is 0. The van der Waals surface area contributed by atoms with Gasteiger partial charge in [0.15, 0.2) is 0 Å². The van der Waals surface area contributed by atoms with E-state index in [0.717, 1.165) is 22.9 Å². The minimum atomic E-state index is -0.260. The van der Waals surface area contributed by atoms with Crippen LogP contribution >= 0.6 is 15.9 Å². The lowest BCUT2D eigenvalue weighted by Gasteiger charge is -2.07. The molecule has 164 valence electrons. The highest BCUT2D eigenvalue weighted by atomic mass is 79.9. The maximum atomic E-state index is 11.8. The van der Waals surface area contributed by atoms with Gasteiger partial charge < -0.3 is 9.47 Å². The fourth-order valence-corrected chi connectivity index (χ4v) is 3.58. The van der Waals surface area contributed by atoms with Gasteiger partial charge in [0.25, 0.3) is 0 Å². The third-order valence-corrected chi connectivity index (χ3v) is 5.64. The van der Waals surface area contributed by atoms with Gasteiger partial charge in [-0.15, -0.1) is 0 Å². The van der Waals surface area contributed by atoms with Gasteiger partial charge >= 0.3 is 11.9 Å². The van der Waals surface area contributed by atoms with Gasteiger partial charge in [-0.3, -0.25) is 9.59 Å². The van der Waals surface area contributed by atoms with Crippen LogP contribution in [0.1, 0.15) is 89.5 Å². The molecule has 0 bridgehead atoms. The normalized spacial score (nSPS) is 10.7. The van der Waals surface area contributed by atoms with Crippen molar-refractivity contribution in [1.29, 1.82) is 0 Å². The van der Waals surface area contributed by atoms with Gasteiger partial charge in [-0.05, 0) is 24.5 Å². The molecule has 0 heterocycles. The third kappa shape index (κ3) is 14.3. The molecule has 0 fully saturated rings. The number of benzene rings is 1. The molecule has 0 amide bonds. The van der Waals surface area contributed by atoms with E-state index in [1.54, 1.807) is 0 Å². The lowest BCUT2D eigenvalue weighted by atomic mass is 10.1.